The summed E-state index contributed by atoms with van der Waals surface area (Å²) < 4.78 is 0.942. The van der Waals surface area contributed by atoms with Crippen LogP contribution in [-0.4, -0.2) is 43.1 Å². The van der Waals surface area contributed by atoms with Gasteiger partial charge in [-0.05, 0) is 49.9 Å². The molecule has 1 rings (SSSR count). The van der Waals surface area contributed by atoms with E-state index in [4.69, 9.17) is 11.6 Å². The zero-order valence-corrected chi connectivity index (χ0v) is 13.1. The first-order valence-corrected chi connectivity index (χ1v) is 6.85. The maximum atomic E-state index is 5.91. The Kier molecular flexibility index (Phi) is 5.70. The van der Waals surface area contributed by atoms with Gasteiger partial charge in [0.2, 0.25) is 0 Å². The minimum Gasteiger partial charge on any atom is -0.352 e. The third-order valence-electron chi connectivity index (χ3n) is 2.56. The minimum absolute atomic E-state index is 0.403. The van der Waals surface area contributed by atoms with Gasteiger partial charge in [-0.25, -0.2) is 4.98 Å². The molecule has 0 fully saturated rings. The van der Waals surface area contributed by atoms with Crippen molar-refractivity contribution < 1.29 is 0 Å². The SMILES string of the molecule is CCN(c1ncc(Cl)cc1Br)C(C)CN(C)C. The third kappa shape index (κ3) is 4.12. The van der Waals surface area contributed by atoms with E-state index >= 15 is 0 Å². The Bertz CT molecular complexity index is 371. The van der Waals surface area contributed by atoms with Gasteiger partial charge in [0.25, 0.3) is 0 Å². The smallest absolute Gasteiger partial charge is 0.143 e. The van der Waals surface area contributed by atoms with Crippen molar-refractivity contribution >= 4 is 33.3 Å². The number of rotatable bonds is 5. The highest BCUT2D eigenvalue weighted by atomic mass is 79.9. The molecule has 1 unspecified atom stereocenters. The number of aromatic nitrogens is 1. The maximum Gasteiger partial charge on any atom is 0.143 e. The molecule has 0 aliphatic heterocycles. The number of nitrogens with zero attached hydrogens (tertiary/aromatic N) is 3. The molecular formula is C12H19BrClN3. The van der Waals surface area contributed by atoms with Gasteiger partial charge in [0.15, 0.2) is 0 Å². The number of likely N-dealkylation sites (N-methyl/N-ethyl adjacent to an activating group) is 2. The van der Waals surface area contributed by atoms with Gasteiger partial charge in [-0.3, -0.25) is 0 Å². The van der Waals surface area contributed by atoms with Crippen LogP contribution in [0.2, 0.25) is 5.02 Å². The highest BCUT2D eigenvalue weighted by Gasteiger charge is 2.17. The molecule has 0 aliphatic carbocycles. The molecule has 0 aromatic carbocycles. The highest BCUT2D eigenvalue weighted by Crippen LogP contribution is 2.27. The van der Waals surface area contributed by atoms with E-state index in [2.05, 4.69) is 58.7 Å². The number of anilines is 1. The van der Waals surface area contributed by atoms with E-state index < -0.39 is 0 Å². The second kappa shape index (κ2) is 6.57. The Morgan fingerprint density at radius 2 is 2.12 bits per heavy atom. The zero-order chi connectivity index (χ0) is 13.0. The van der Waals surface area contributed by atoms with Gasteiger partial charge in [-0.1, -0.05) is 11.6 Å². The van der Waals surface area contributed by atoms with Crippen molar-refractivity contribution in [1.29, 1.82) is 0 Å². The van der Waals surface area contributed by atoms with Crippen molar-refractivity contribution in [3.8, 4) is 0 Å². The summed E-state index contributed by atoms with van der Waals surface area (Å²) in [6.45, 7) is 6.24. The van der Waals surface area contributed by atoms with Gasteiger partial charge in [-0.2, -0.15) is 0 Å². The molecule has 96 valence electrons. The maximum absolute atomic E-state index is 5.91. The Morgan fingerprint density at radius 1 is 1.47 bits per heavy atom. The molecule has 0 N–H and O–H groups in total. The third-order valence-corrected chi connectivity index (χ3v) is 3.35. The zero-order valence-electron chi connectivity index (χ0n) is 10.7. The summed E-state index contributed by atoms with van der Waals surface area (Å²) in [6, 6.07) is 2.29. The van der Waals surface area contributed by atoms with E-state index in [1.165, 1.54) is 0 Å². The first-order valence-electron chi connectivity index (χ1n) is 5.68. The number of hydrogen-bond donors (Lipinski definition) is 0. The van der Waals surface area contributed by atoms with Crippen molar-refractivity contribution in [2.45, 2.75) is 19.9 Å². The Labute approximate surface area is 117 Å². The number of pyridine rings is 1. The van der Waals surface area contributed by atoms with Crippen LogP contribution in [0.1, 0.15) is 13.8 Å². The van der Waals surface area contributed by atoms with Crippen molar-refractivity contribution in [3.05, 3.63) is 21.8 Å². The largest absolute Gasteiger partial charge is 0.352 e. The predicted molar refractivity (Wildman–Crippen MR) is 78.0 cm³/mol. The lowest BCUT2D eigenvalue weighted by atomic mass is 10.2. The minimum atomic E-state index is 0.403. The van der Waals surface area contributed by atoms with Crippen LogP contribution >= 0.6 is 27.5 Å². The quantitative estimate of drug-likeness (QED) is 0.830. The summed E-state index contributed by atoms with van der Waals surface area (Å²) in [5.41, 5.74) is 0. The lowest BCUT2D eigenvalue weighted by Gasteiger charge is -2.31. The van der Waals surface area contributed by atoms with Crippen molar-refractivity contribution in [1.82, 2.24) is 9.88 Å². The molecule has 0 saturated heterocycles. The van der Waals surface area contributed by atoms with Gasteiger partial charge >= 0.3 is 0 Å². The average Bonchev–Trinajstić information content (AvgIpc) is 2.21. The fourth-order valence-electron chi connectivity index (χ4n) is 1.92. The van der Waals surface area contributed by atoms with Crippen LogP contribution in [0.5, 0.6) is 0 Å². The summed E-state index contributed by atoms with van der Waals surface area (Å²) in [4.78, 5) is 8.85. The Morgan fingerprint density at radius 3 is 2.59 bits per heavy atom. The second-order valence-electron chi connectivity index (χ2n) is 4.36. The van der Waals surface area contributed by atoms with E-state index in [0.29, 0.717) is 11.1 Å². The van der Waals surface area contributed by atoms with Crippen molar-refractivity contribution in [3.63, 3.8) is 0 Å². The molecule has 0 aliphatic rings. The summed E-state index contributed by atoms with van der Waals surface area (Å²) in [5.74, 6) is 0.950. The second-order valence-corrected chi connectivity index (χ2v) is 5.65. The fourth-order valence-corrected chi connectivity index (χ4v) is 2.78. The topological polar surface area (TPSA) is 19.4 Å². The Balaban J connectivity index is 2.93. The van der Waals surface area contributed by atoms with E-state index in [1.54, 1.807) is 6.20 Å². The van der Waals surface area contributed by atoms with Gasteiger partial charge in [-0.15, -0.1) is 0 Å². The van der Waals surface area contributed by atoms with E-state index in [-0.39, 0.29) is 0 Å². The van der Waals surface area contributed by atoms with Crippen LogP contribution in [0.3, 0.4) is 0 Å². The fraction of sp³-hybridized carbons (Fsp3) is 0.583. The van der Waals surface area contributed by atoms with Crippen LogP contribution in [0, 0.1) is 0 Å². The van der Waals surface area contributed by atoms with Crippen molar-refractivity contribution in [2.75, 3.05) is 32.1 Å². The molecule has 0 saturated carbocycles. The molecule has 1 aromatic heterocycles. The van der Waals surface area contributed by atoms with E-state index in [0.717, 1.165) is 23.4 Å². The molecular weight excluding hydrogens is 302 g/mol. The van der Waals surface area contributed by atoms with E-state index in [1.807, 2.05) is 6.07 Å². The summed E-state index contributed by atoms with van der Waals surface area (Å²) >= 11 is 9.43. The van der Waals surface area contributed by atoms with Crippen LogP contribution in [0.15, 0.2) is 16.7 Å². The van der Waals surface area contributed by atoms with Gasteiger partial charge < -0.3 is 9.80 Å². The highest BCUT2D eigenvalue weighted by molar-refractivity contribution is 9.10. The molecule has 0 bridgehead atoms. The molecule has 0 radical (unpaired) electrons. The molecule has 0 amide bonds. The standard InChI is InChI=1S/C12H19BrClN3/c1-5-17(9(2)8-16(3)4)12-11(13)6-10(14)7-15-12/h6-7,9H,5,8H2,1-4H3. The van der Waals surface area contributed by atoms with Gasteiger partial charge in [0.05, 0.1) is 9.50 Å². The predicted octanol–water partition coefficient (Wildman–Crippen LogP) is 3.27. The monoisotopic (exact) mass is 319 g/mol. The first-order chi connectivity index (χ1) is 7.95. The summed E-state index contributed by atoms with van der Waals surface area (Å²) in [5, 5.41) is 0.650. The first kappa shape index (κ1) is 14.7. The summed E-state index contributed by atoms with van der Waals surface area (Å²) in [6.07, 6.45) is 1.69. The van der Waals surface area contributed by atoms with Crippen molar-refractivity contribution in [2.24, 2.45) is 0 Å². The van der Waals surface area contributed by atoms with Crippen LogP contribution < -0.4 is 4.90 Å². The molecule has 3 nitrogen and oxygen atoms in total. The van der Waals surface area contributed by atoms with Crippen LogP contribution in [-0.2, 0) is 0 Å². The number of hydrogen-bond acceptors (Lipinski definition) is 3. The molecule has 1 heterocycles. The molecule has 17 heavy (non-hydrogen) atoms. The summed E-state index contributed by atoms with van der Waals surface area (Å²) in [7, 11) is 4.16. The lowest BCUT2D eigenvalue weighted by molar-refractivity contribution is 0.372. The Hall–Kier alpha value is -0.320. The van der Waals surface area contributed by atoms with E-state index in [9.17, 15) is 0 Å². The average molecular weight is 321 g/mol. The lowest BCUT2D eigenvalue weighted by Crippen LogP contribution is -2.40. The number of halogens is 2. The molecule has 5 heteroatoms. The van der Waals surface area contributed by atoms with Gasteiger partial charge in [0, 0.05) is 25.3 Å². The van der Waals surface area contributed by atoms with Crippen LogP contribution in [0.4, 0.5) is 5.82 Å². The molecule has 0 spiro atoms. The normalized spacial score (nSPS) is 12.9. The molecule has 1 aromatic rings. The van der Waals surface area contributed by atoms with Gasteiger partial charge in [0.1, 0.15) is 5.82 Å². The van der Waals surface area contributed by atoms with Crippen LogP contribution in [0.25, 0.3) is 0 Å². The molecule has 1 atom stereocenters.